The molecule has 0 fully saturated rings. The van der Waals surface area contributed by atoms with Crippen LogP contribution < -0.4 is 14.8 Å². The number of halogens is 3. The number of rotatable bonds is 6. The number of amides is 2. The third kappa shape index (κ3) is 5.13. The molecule has 0 aliphatic heterocycles. The number of anilines is 1. The van der Waals surface area contributed by atoms with E-state index in [1.165, 1.54) is 20.3 Å². The normalized spacial score (nSPS) is 11.5. The maximum atomic E-state index is 13.1. The summed E-state index contributed by atoms with van der Waals surface area (Å²) < 4.78 is 79.1. The first-order valence-corrected chi connectivity index (χ1v) is 9.72. The second-order valence-electron chi connectivity index (χ2n) is 5.72. The molecule has 0 radical (unpaired) electrons. The second kappa shape index (κ2) is 9.21. The maximum Gasteiger partial charge on any atom is 0.433 e. The molecule has 16 heteroatoms. The van der Waals surface area contributed by atoms with Crippen molar-refractivity contribution in [3.63, 3.8) is 0 Å². The summed E-state index contributed by atoms with van der Waals surface area (Å²) in [4.78, 5) is 35.0. The van der Waals surface area contributed by atoms with Gasteiger partial charge < -0.3 is 14.2 Å². The Labute approximate surface area is 179 Å². The first-order chi connectivity index (χ1) is 14.8. The molecule has 0 aliphatic carbocycles. The quantitative estimate of drug-likeness (QED) is 0.605. The molecule has 2 rings (SSSR count). The number of nitrogens with one attached hydrogen (secondary N) is 1. The van der Waals surface area contributed by atoms with Crippen molar-refractivity contribution < 1.29 is 45.4 Å². The lowest BCUT2D eigenvalue weighted by atomic mass is 10.2. The van der Waals surface area contributed by atoms with E-state index in [1.54, 1.807) is 0 Å². The van der Waals surface area contributed by atoms with Crippen molar-refractivity contribution in [1.82, 2.24) is 19.3 Å². The summed E-state index contributed by atoms with van der Waals surface area (Å²) in [5.74, 6) is -1.78. The van der Waals surface area contributed by atoms with Crippen LogP contribution in [0.3, 0.4) is 0 Å². The number of sulfonamides is 1. The largest absolute Gasteiger partial charge is 0.481 e. The van der Waals surface area contributed by atoms with Crippen LogP contribution in [0.25, 0.3) is 0 Å². The van der Waals surface area contributed by atoms with E-state index in [1.807, 2.05) is 5.32 Å². The highest BCUT2D eigenvalue weighted by atomic mass is 32.2. The van der Waals surface area contributed by atoms with Crippen molar-refractivity contribution in [2.24, 2.45) is 0 Å². The molecule has 2 heterocycles. The van der Waals surface area contributed by atoms with Crippen LogP contribution in [0.2, 0.25) is 0 Å². The van der Waals surface area contributed by atoms with Gasteiger partial charge in [-0.3, -0.25) is 5.32 Å². The number of nitrogens with zero attached hydrogens (tertiary/aromatic N) is 4. The molecular weight excluding hydrogens is 463 g/mol. The first kappa shape index (κ1) is 24.6. The van der Waals surface area contributed by atoms with Gasteiger partial charge in [-0.25, -0.2) is 18.9 Å². The van der Waals surface area contributed by atoms with Crippen LogP contribution >= 0.6 is 0 Å². The number of ether oxygens (including phenoxy) is 3. The van der Waals surface area contributed by atoms with E-state index < -0.39 is 50.4 Å². The number of hydrogen-bond acceptors (Lipinski definition) is 10. The minimum Gasteiger partial charge on any atom is -0.481 e. The third-order valence-electron chi connectivity index (χ3n) is 3.76. The van der Waals surface area contributed by atoms with Gasteiger partial charge in [0.05, 0.1) is 33.0 Å². The van der Waals surface area contributed by atoms with E-state index >= 15 is 0 Å². The summed E-state index contributed by atoms with van der Waals surface area (Å²) in [5, 5.41) is 0.702. The molecule has 1 N–H and O–H groups in total. The van der Waals surface area contributed by atoms with E-state index in [-0.39, 0.29) is 16.1 Å². The predicted octanol–water partition coefficient (Wildman–Crippen LogP) is 1.55. The van der Waals surface area contributed by atoms with Crippen molar-refractivity contribution in [3.8, 4) is 11.8 Å². The lowest BCUT2D eigenvalue weighted by molar-refractivity contribution is -0.141. The van der Waals surface area contributed by atoms with Crippen LogP contribution in [0.15, 0.2) is 23.2 Å². The van der Waals surface area contributed by atoms with Gasteiger partial charge in [-0.2, -0.15) is 31.6 Å². The number of alkyl halides is 3. The van der Waals surface area contributed by atoms with E-state index in [4.69, 9.17) is 9.47 Å². The predicted molar refractivity (Wildman–Crippen MR) is 99.7 cm³/mol. The van der Waals surface area contributed by atoms with Crippen LogP contribution in [0, 0.1) is 0 Å². The van der Waals surface area contributed by atoms with Gasteiger partial charge in [0, 0.05) is 7.05 Å². The second-order valence-corrected chi connectivity index (χ2v) is 7.60. The standard InChI is InChI=1S/C16H16F3N5O7S/c1-24(15(26)23-14-21-10(29-2)7-11(22-14)30-3)32(27,28)12-8(13(25)31-4)5-6-9(20-12)16(17,18)19/h5-7H,1-4H3,(H,21,22,23,26). The molecule has 0 bridgehead atoms. The highest BCUT2D eigenvalue weighted by Gasteiger charge is 2.38. The Bertz CT molecular complexity index is 1120. The molecule has 0 aromatic carbocycles. The summed E-state index contributed by atoms with van der Waals surface area (Å²) in [5.41, 5.74) is -2.40. The Balaban J connectivity index is 2.48. The monoisotopic (exact) mass is 479 g/mol. The van der Waals surface area contributed by atoms with Crippen molar-refractivity contribution in [2.45, 2.75) is 11.2 Å². The lowest BCUT2D eigenvalue weighted by Gasteiger charge is -2.19. The highest BCUT2D eigenvalue weighted by molar-refractivity contribution is 7.89. The van der Waals surface area contributed by atoms with E-state index in [9.17, 15) is 31.2 Å². The van der Waals surface area contributed by atoms with Crippen molar-refractivity contribution >= 4 is 28.0 Å². The molecule has 0 atom stereocenters. The van der Waals surface area contributed by atoms with Gasteiger partial charge in [0.2, 0.25) is 17.7 Å². The fourth-order valence-corrected chi connectivity index (χ4v) is 3.31. The van der Waals surface area contributed by atoms with Gasteiger partial charge in [-0.15, -0.1) is 0 Å². The molecule has 0 saturated carbocycles. The lowest BCUT2D eigenvalue weighted by Crippen LogP contribution is -2.38. The zero-order chi connectivity index (χ0) is 24.3. The Morgan fingerprint density at radius 3 is 2.06 bits per heavy atom. The molecule has 32 heavy (non-hydrogen) atoms. The highest BCUT2D eigenvalue weighted by Crippen LogP contribution is 2.30. The number of esters is 1. The number of carbonyl (C=O) groups excluding carboxylic acids is 2. The Kier molecular flexibility index (Phi) is 7.07. The van der Waals surface area contributed by atoms with Crippen LogP contribution in [0.1, 0.15) is 16.1 Å². The summed E-state index contributed by atoms with van der Waals surface area (Å²) in [6, 6.07) is 0.874. The first-order valence-electron chi connectivity index (χ1n) is 8.28. The molecule has 0 saturated heterocycles. The zero-order valence-electron chi connectivity index (χ0n) is 16.9. The van der Waals surface area contributed by atoms with Crippen molar-refractivity contribution in [2.75, 3.05) is 33.7 Å². The number of aromatic nitrogens is 3. The van der Waals surface area contributed by atoms with Crippen molar-refractivity contribution in [3.05, 3.63) is 29.5 Å². The SMILES string of the molecule is COC(=O)c1ccc(C(F)(F)F)nc1S(=O)(=O)N(C)C(=O)Nc1nc(OC)cc(OC)n1. The van der Waals surface area contributed by atoms with Crippen LogP contribution in [-0.2, 0) is 20.9 Å². The number of hydrogen-bond donors (Lipinski definition) is 1. The number of carbonyl (C=O) groups is 2. The van der Waals surface area contributed by atoms with E-state index in [2.05, 4.69) is 19.7 Å². The van der Waals surface area contributed by atoms with E-state index in [0.717, 1.165) is 14.2 Å². The van der Waals surface area contributed by atoms with Crippen molar-refractivity contribution in [1.29, 1.82) is 0 Å². The Hall–Kier alpha value is -3.69. The Morgan fingerprint density at radius 1 is 1.03 bits per heavy atom. The number of methoxy groups -OCH3 is 3. The summed E-state index contributed by atoms with van der Waals surface area (Å²) in [6.45, 7) is 0. The third-order valence-corrected chi connectivity index (χ3v) is 5.45. The smallest absolute Gasteiger partial charge is 0.433 e. The van der Waals surface area contributed by atoms with Gasteiger partial charge in [0.1, 0.15) is 5.69 Å². The fourth-order valence-electron chi connectivity index (χ4n) is 2.14. The van der Waals surface area contributed by atoms with Gasteiger partial charge >= 0.3 is 18.2 Å². The molecular formula is C16H16F3N5O7S. The minimum absolute atomic E-state index is 0.0250. The molecule has 174 valence electrons. The minimum atomic E-state index is -5.07. The number of pyridine rings is 1. The van der Waals surface area contributed by atoms with Crippen LogP contribution in [-0.4, -0.2) is 68.1 Å². The van der Waals surface area contributed by atoms with Crippen LogP contribution in [0.5, 0.6) is 11.8 Å². The zero-order valence-corrected chi connectivity index (χ0v) is 17.7. The average molecular weight is 479 g/mol. The molecule has 0 spiro atoms. The van der Waals surface area contributed by atoms with E-state index in [0.29, 0.717) is 12.1 Å². The van der Waals surface area contributed by atoms with Gasteiger partial charge in [-0.1, -0.05) is 0 Å². The summed E-state index contributed by atoms with van der Waals surface area (Å²) in [7, 11) is -0.927. The molecule has 2 aromatic heterocycles. The van der Waals surface area contributed by atoms with Gasteiger partial charge in [0.15, 0.2) is 5.03 Å². The molecule has 12 nitrogen and oxygen atoms in total. The maximum absolute atomic E-state index is 13.1. The Morgan fingerprint density at radius 2 is 1.59 bits per heavy atom. The molecule has 0 aliphatic rings. The topological polar surface area (TPSA) is 150 Å². The average Bonchev–Trinajstić information content (AvgIpc) is 2.76. The molecule has 2 aromatic rings. The summed E-state index contributed by atoms with van der Waals surface area (Å²) >= 11 is 0. The summed E-state index contributed by atoms with van der Waals surface area (Å²) in [6.07, 6.45) is -5.02. The van der Waals surface area contributed by atoms with Crippen LogP contribution in [0.4, 0.5) is 23.9 Å². The number of urea groups is 1. The van der Waals surface area contributed by atoms with Gasteiger partial charge in [-0.05, 0) is 12.1 Å². The molecule has 2 amide bonds. The molecule has 0 unspecified atom stereocenters. The van der Waals surface area contributed by atoms with Gasteiger partial charge in [0.25, 0.3) is 10.0 Å². The fraction of sp³-hybridized carbons (Fsp3) is 0.312.